The molecule has 0 radical (unpaired) electrons. The minimum Gasteiger partial charge on any atom is -0.507 e. The second-order valence-electron chi connectivity index (χ2n) is 2.77. The van der Waals surface area contributed by atoms with Crippen LogP contribution < -0.4 is 0 Å². The second kappa shape index (κ2) is 5.72. The third kappa shape index (κ3) is 3.39. The molecule has 0 heterocycles. The third-order valence-corrected chi connectivity index (χ3v) is 2.80. The number of hydrogen-bond acceptors (Lipinski definition) is 5. The molecule has 0 bridgehead atoms. The number of aromatic hydroxyl groups is 1. The average molecular weight is 258 g/mol. The monoisotopic (exact) mass is 258 g/mol. The van der Waals surface area contributed by atoms with Crippen molar-refractivity contribution >= 4 is 34.3 Å². The zero-order valence-electron chi connectivity index (χ0n) is 8.47. The van der Waals surface area contributed by atoms with Gasteiger partial charge in [-0.05, 0) is 49.1 Å². The lowest BCUT2D eigenvalue weighted by Gasteiger charge is -2.05. The highest BCUT2D eigenvalue weighted by Crippen LogP contribution is 2.26. The minimum atomic E-state index is -1.18. The Morgan fingerprint density at radius 2 is 2.25 bits per heavy atom. The predicted octanol–water partition coefficient (Wildman–Crippen LogP) is 2.50. The molecule has 1 rings (SSSR count). The van der Waals surface area contributed by atoms with Crippen LogP contribution in [-0.4, -0.2) is 27.2 Å². The van der Waals surface area contributed by atoms with Crippen LogP contribution in [0.1, 0.15) is 17.3 Å². The molecular weight excluding hydrogens is 248 g/mol. The van der Waals surface area contributed by atoms with Crippen molar-refractivity contribution in [3.8, 4) is 5.75 Å². The average Bonchev–Trinajstić information content (AvgIpc) is 2.21. The Hall–Kier alpha value is -1.27. The Morgan fingerprint density at radius 3 is 2.81 bits per heavy atom. The van der Waals surface area contributed by atoms with Crippen LogP contribution >= 0.6 is 24.0 Å². The Kier molecular flexibility index (Phi) is 4.57. The van der Waals surface area contributed by atoms with Gasteiger partial charge < -0.3 is 14.9 Å². The maximum atomic E-state index is 10.8. The molecule has 0 saturated carbocycles. The summed E-state index contributed by atoms with van der Waals surface area (Å²) in [5, 5.41) is 18.1. The number of carboxylic acids is 1. The van der Waals surface area contributed by atoms with Gasteiger partial charge in [-0.1, -0.05) is 0 Å². The largest absolute Gasteiger partial charge is 0.507 e. The van der Waals surface area contributed by atoms with Gasteiger partial charge in [0.2, 0.25) is 4.38 Å². The summed E-state index contributed by atoms with van der Waals surface area (Å²) in [6, 6.07) is 4.26. The van der Waals surface area contributed by atoms with E-state index >= 15 is 0 Å². The van der Waals surface area contributed by atoms with E-state index in [9.17, 15) is 9.90 Å². The molecule has 6 heteroatoms. The highest BCUT2D eigenvalue weighted by atomic mass is 32.2. The molecule has 0 aliphatic heterocycles. The quantitative estimate of drug-likeness (QED) is 0.641. The molecule has 0 saturated heterocycles. The summed E-state index contributed by atoms with van der Waals surface area (Å²) >= 11 is 6.05. The van der Waals surface area contributed by atoms with Crippen LogP contribution in [0.4, 0.5) is 0 Å². The van der Waals surface area contributed by atoms with Crippen molar-refractivity contribution in [2.45, 2.75) is 11.8 Å². The molecule has 16 heavy (non-hydrogen) atoms. The van der Waals surface area contributed by atoms with Crippen molar-refractivity contribution < 1.29 is 19.7 Å². The number of carboxylic acid groups (broad SMARTS) is 1. The van der Waals surface area contributed by atoms with Crippen LogP contribution in [0.5, 0.6) is 5.75 Å². The molecule has 0 aromatic heterocycles. The molecule has 86 valence electrons. The van der Waals surface area contributed by atoms with E-state index < -0.39 is 5.97 Å². The third-order valence-electron chi connectivity index (χ3n) is 1.66. The molecule has 0 unspecified atom stereocenters. The van der Waals surface area contributed by atoms with E-state index in [1.54, 1.807) is 6.07 Å². The highest BCUT2D eigenvalue weighted by molar-refractivity contribution is 8.22. The first kappa shape index (κ1) is 12.8. The molecule has 1 aromatic rings. The van der Waals surface area contributed by atoms with Gasteiger partial charge >= 0.3 is 5.97 Å². The molecule has 0 spiro atoms. The van der Waals surface area contributed by atoms with Crippen LogP contribution in [0, 0.1) is 0 Å². The summed E-state index contributed by atoms with van der Waals surface area (Å²) in [6.45, 7) is 2.28. The topological polar surface area (TPSA) is 66.8 Å². The van der Waals surface area contributed by atoms with Crippen LogP contribution in [0.25, 0.3) is 0 Å². The molecule has 2 N–H and O–H groups in total. The molecule has 0 fully saturated rings. The maximum Gasteiger partial charge on any atom is 0.339 e. The Balaban J connectivity index is 2.87. The fourth-order valence-corrected chi connectivity index (χ4v) is 2.08. The molecular formula is C10H10O4S2. The fraction of sp³-hybridized carbons (Fsp3) is 0.200. The molecule has 0 aliphatic rings. The zero-order valence-corrected chi connectivity index (χ0v) is 10.1. The van der Waals surface area contributed by atoms with Gasteiger partial charge in [0.15, 0.2) is 0 Å². The second-order valence-corrected chi connectivity index (χ2v) is 4.44. The normalized spacial score (nSPS) is 9.81. The molecule has 1 aromatic carbocycles. The Labute approximate surface area is 102 Å². The standard InChI is InChI=1S/C10H10O4S2/c1-2-14-10(15)16-6-3-4-8(11)7(5-6)9(12)13/h3-5,11H,2H2,1H3,(H,12,13). The van der Waals surface area contributed by atoms with Gasteiger partial charge in [-0.25, -0.2) is 4.79 Å². The SMILES string of the molecule is CCOC(=S)Sc1ccc(O)c(C(=O)O)c1. The van der Waals surface area contributed by atoms with Crippen molar-refractivity contribution in [3.05, 3.63) is 23.8 Å². The maximum absolute atomic E-state index is 10.8. The van der Waals surface area contributed by atoms with E-state index in [0.717, 1.165) is 11.8 Å². The van der Waals surface area contributed by atoms with E-state index in [4.69, 9.17) is 22.1 Å². The zero-order chi connectivity index (χ0) is 12.1. The molecule has 0 aliphatic carbocycles. The lowest BCUT2D eigenvalue weighted by atomic mass is 10.2. The minimum absolute atomic E-state index is 0.149. The molecule has 0 atom stereocenters. The molecule has 4 nitrogen and oxygen atoms in total. The number of rotatable bonds is 3. The lowest BCUT2D eigenvalue weighted by Crippen LogP contribution is -1.98. The van der Waals surface area contributed by atoms with Crippen molar-refractivity contribution in [2.24, 2.45) is 0 Å². The van der Waals surface area contributed by atoms with Gasteiger partial charge in [0.1, 0.15) is 11.3 Å². The van der Waals surface area contributed by atoms with E-state index in [-0.39, 0.29) is 11.3 Å². The number of carbonyl (C=O) groups is 1. The van der Waals surface area contributed by atoms with Crippen LogP contribution in [0.3, 0.4) is 0 Å². The van der Waals surface area contributed by atoms with Crippen molar-refractivity contribution in [1.29, 1.82) is 0 Å². The van der Waals surface area contributed by atoms with Gasteiger partial charge in [-0.2, -0.15) is 0 Å². The lowest BCUT2D eigenvalue weighted by molar-refractivity contribution is 0.0693. The summed E-state index contributed by atoms with van der Waals surface area (Å²) in [7, 11) is 0. The Morgan fingerprint density at radius 1 is 1.56 bits per heavy atom. The number of thiocarbonyl (C=S) groups is 1. The smallest absolute Gasteiger partial charge is 0.339 e. The Bertz CT molecular complexity index is 417. The van der Waals surface area contributed by atoms with Crippen molar-refractivity contribution in [3.63, 3.8) is 0 Å². The van der Waals surface area contributed by atoms with Gasteiger partial charge in [-0.3, -0.25) is 0 Å². The predicted molar refractivity (Wildman–Crippen MR) is 65.1 cm³/mol. The number of thioether (sulfide) groups is 1. The van der Waals surface area contributed by atoms with Gasteiger partial charge in [0.05, 0.1) is 6.61 Å². The summed E-state index contributed by atoms with van der Waals surface area (Å²) in [4.78, 5) is 11.4. The van der Waals surface area contributed by atoms with Crippen molar-refractivity contribution in [1.82, 2.24) is 0 Å². The fourth-order valence-electron chi connectivity index (χ4n) is 0.993. The number of benzene rings is 1. The first-order chi connectivity index (χ1) is 7.54. The van der Waals surface area contributed by atoms with Gasteiger partial charge in [0, 0.05) is 4.90 Å². The first-order valence-corrected chi connectivity index (χ1v) is 5.68. The van der Waals surface area contributed by atoms with Gasteiger partial charge in [0.25, 0.3) is 0 Å². The number of hydrogen-bond donors (Lipinski definition) is 2. The van der Waals surface area contributed by atoms with Crippen LogP contribution in [0.15, 0.2) is 23.1 Å². The number of phenols is 1. The first-order valence-electron chi connectivity index (χ1n) is 4.45. The van der Waals surface area contributed by atoms with Crippen LogP contribution in [-0.2, 0) is 4.74 Å². The highest BCUT2D eigenvalue weighted by Gasteiger charge is 2.11. The number of ether oxygens (including phenoxy) is 1. The van der Waals surface area contributed by atoms with E-state index in [1.807, 2.05) is 6.92 Å². The van der Waals surface area contributed by atoms with E-state index in [2.05, 4.69) is 0 Å². The summed E-state index contributed by atoms with van der Waals surface area (Å²) in [5.74, 6) is -1.44. The summed E-state index contributed by atoms with van der Waals surface area (Å²) < 4.78 is 5.38. The van der Waals surface area contributed by atoms with E-state index in [0.29, 0.717) is 15.9 Å². The molecule has 0 amide bonds. The van der Waals surface area contributed by atoms with E-state index in [1.165, 1.54) is 12.1 Å². The van der Waals surface area contributed by atoms with Gasteiger partial charge in [-0.15, -0.1) is 0 Å². The van der Waals surface area contributed by atoms with Crippen LogP contribution in [0.2, 0.25) is 0 Å². The summed E-state index contributed by atoms with van der Waals surface area (Å²) in [5.41, 5.74) is -0.149. The summed E-state index contributed by atoms with van der Waals surface area (Å²) in [6.07, 6.45) is 0. The van der Waals surface area contributed by atoms with Crippen molar-refractivity contribution in [2.75, 3.05) is 6.61 Å². The number of aromatic carboxylic acids is 1.